The lowest BCUT2D eigenvalue weighted by Gasteiger charge is -2.21. The van der Waals surface area contributed by atoms with Crippen LogP contribution in [0, 0.1) is 0 Å². The molecule has 3 N–H and O–H groups in total. The molecule has 2 aromatic rings. The highest BCUT2D eigenvalue weighted by atomic mass is 127. The van der Waals surface area contributed by atoms with E-state index in [1.54, 1.807) is 24.5 Å². The van der Waals surface area contributed by atoms with Crippen molar-refractivity contribution in [2.45, 2.75) is 25.9 Å². The van der Waals surface area contributed by atoms with E-state index in [1.807, 2.05) is 35.9 Å². The molecule has 0 aliphatic rings. The van der Waals surface area contributed by atoms with Gasteiger partial charge in [-0.2, -0.15) is 11.3 Å². The summed E-state index contributed by atoms with van der Waals surface area (Å²) >= 11 is 1.57. The van der Waals surface area contributed by atoms with Gasteiger partial charge in [-0.05, 0) is 48.4 Å². The molecule has 2 aromatic heterocycles. The van der Waals surface area contributed by atoms with Gasteiger partial charge in [-0.15, -0.1) is 24.0 Å². The minimum atomic E-state index is -0.987. The Kier molecular flexibility index (Phi) is 9.23. The Morgan fingerprint density at radius 1 is 1.40 bits per heavy atom. The Balaban J connectivity index is 0.00000312. The highest BCUT2D eigenvalue weighted by Gasteiger charge is 2.23. The van der Waals surface area contributed by atoms with Crippen LogP contribution in [0.2, 0.25) is 0 Å². The zero-order valence-corrected chi connectivity index (χ0v) is 17.8. The van der Waals surface area contributed by atoms with Gasteiger partial charge in [0.05, 0.1) is 12.8 Å². The summed E-state index contributed by atoms with van der Waals surface area (Å²) in [6.07, 6.45) is 2.43. The van der Waals surface area contributed by atoms with Crippen molar-refractivity contribution in [1.29, 1.82) is 0 Å². The summed E-state index contributed by atoms with van der Waals surface area (Å²) in [7, 11) is 0. The molecule has 138 valence electrons. The highest BCUT2D eigenvalue weighted by Crippen LogP contribution is 2.23. The first-order valence-corrected chi connectivity index (χ1v) is 8.85. The lowest BCUT2D eigenvalue weighted by atomic mass is 10.00. The van der Waals surface area contributed by atoms with E-state index in [1.165, 1.54) is 0 Å². The van der Waals surface area contributed by atoms with Crippen molar-refractivity contribution in [3.8, 4) is 0 Å². The van der Waals surface area contributed by atoms with Gasteiger partial charge in [0.2, 0.25) is 0 Å². The fraction of sp³-hybridized carbons (Fsp3) is 0.389. The van der Waals surface area contributed by atoms with Crippen LogP contribution in [0.5, 0.6) is 0 Å². The van der Waals surface area contributed by atoms with Crippen LogP contribution in [0.4, 0.5) is 0 Å². The molecule has 0 saturated heterocycles. The SMILES string of the molecule is C=C(C)CNC(=NCC(C)(O)c1ccsc1)NCCc1ccco1.I. The summed E-state index contributed by atoms with van der Waals surface area (Å²) < 4.78 is 5.32. The summed E-state index contributed by atoms with van der Waals surface area (Å²) in [4.78, 5) is 4.52. The van der Waals surface area contributed by atoms with E-state index in [4.69, 9.17) is 4.42 Å². The molecule has 1 unspecified atom stereocenters. The minimum Gasteiger partial charge on any atom is -0.469 e. The maximum atomic E-state index is 10.6. The third-order valence-electron chi connectivity index (χ3n) is 3.49. The van der Waals surface area contributed by atoms with Crippen LogP contribution in [-0.4, -0.2) is 30.7 Å². The molecular formula is C18H26IN3O2S. The summed E-state index contributed by atoms with van der Waals surface area (Å²) in [5.41, 5.74) is 0.907. The molecule has 0 radical (unpaired) electrons. The number of nitrogens with zero attached hydrogens (tertiary/aromatic N) is 1. The van der Waals surface area contributed by atoms with Gasteiger partial charge >= 0.3 is 0 Å². The van der Waals surface area contributed by atoms with Crippen molar-refractivity contribution in [2.75, 3.05) is 19.6 Å². The lowest BCUT2D eigenvalue weighted by molar-refractivity contribution is 0.0677. The Morgan fingerprint density at radius 3 is 2.80 bits per heavy atom. The number of guanidine groups is 1. The third kappa shape index (κ3) is 7.62. The number of nitrogens with one attached hydrogen (secondary N) is 2. The molecule has 0 bridgehead atoms. The van der Waals surface area contributed by atoms with Crippen molar-refractivity contribution < 1.29 is 9.52 Å². The van der Waals surface area contributed by atoms with Crippen molar-refractivity contribution >= 4 is 41.3 Å². The van der Waals surface area contributed by atoms with Gasteiger partial charge in [-0.1, -0.05) is 12.2 Å². The number of halogens is 1. The summed E-state index contributed by atoms with van der Waals surface area (Å²) in [6.45, 7) is 9.21. The average molecular weight is 475 g/mol. The van der Waals surface area contributed by atoms with E-state index >= 15 is 0 Å². The predicted octanol–water partition coefficient (Wildman–Crippen LogP) is 3.52. The molecule has 1 atom stereocenters. The highest BCUT2D eigenvalue weighted by molar-refractivity contribution is 14.0. The van der Waals surface area contributed by atoms with Gasteiger partial charge in [0.1, 0.15) is 11.4 Å². The summed E-state index contributed by atoms with van der Waals surface area (Å²) in [5.74, 6) is 1.58. The Bertz CT molecular complexity index is 652. The molecule has 0 aromatic carbocycles. The molecule has 0 saturated carbocycles. The third-order valence-corrected chi connectivity index (χ3v) is 4.17. The zero-order chi connectivity index (χ0) is 17.4. The Hall–Kier alpha value is -1.32. The predicted molar refractivity (Wildman–Crippen MR) is 115 cm³/mol. The maximum absolute atomic E-state index is 10.6. The van der Waals surface area contributed by atoms with E-state index < -0.39 is 5.60 Å². The standard InChI is InChI=1S/C18H25N3O2S.HI/c1-14(2)11-20-17(19-8-6-16-5-4-9-23-16)21-13-18(3,22)15-7-10-24-12-15;/h4-5,7,9-10,12,22H,1,6,8,11,13H2,2-3H3,(H2,19,20,21);1H. The van der Waals surface area contributed by atoms with E-state index in [-0.39, 0.29) is 30.5 Å². The quantitative estimate of drug-likeness (QED) is 0.237. The molecule has 7 heteroatoms. The van der Waals surface area contributed by atoms with Gasteiger partial charge in [0.15, 0.2) is 5.96 Å². The number of hydrogen-bond acceptors (Lipinski definition) is 4. The zero-order valence-electron chi connectivity index (χ0n) is 14.6. The fourth-order valence-electron chi connectivity index (χ4n) is 2.06. The molecule has 0 aliphatic carbocycles. The Labute approximate surface area is 170 Å². The van der Waals surface area contributed by atoms with Crippen LogP contribution >= 0.6 is 35.3 Å². The number of aliphatic imine (C=N–C) groups is 1. The van der Waals surface area contributed by atoms with Crippen LogP contribution < -0.4 is 10.6 Å². The largest absolute Gasteiger partial charge is 0.469 e. The minimum absolute atomic E-state index is 0. The van der Waals surface area contributed by atoms with Crippen LogP contribution in [0.25, 0.3) is 0 Å². The molecule has 0 spiro atoms. The fourth-order valence-corrected chi connectivity index (χ4v) is 2.85. The van der Waals surface area contributed by atoms with Crippen LogP contribution in [-0.2, 0) is 12.0 Å². The Morgan fingerprint density at radius 2 is 2.20 bits per heavy atom. The number of thiophene rings is 1. The number of furan rings is 1. The van der Waals surface area contributed by atoms with Crippen molar-refractivity contribution in [3.05, 3.63) is 58.7 Å². The van der Waals surface area contributed by atoms with Gasteiger partial charge in [0, 0.05) is 19.5 Å². The van der Waals surface area contributed by atoms with E-state index in [9.17, 15) is 5.11 Å². The first-order chi connectivity index (χ1) is 11.5. The first-order valence-electron chi connectivity index (χ1n) is 7.91. The molecule has 0 fully saturated rings. The molecule has 2 heterocycles. The van der Waals surface area contributed by atoms with Gasteiger partial charge in [-0.25, -0.2) is 4.99 Å². The molecule has 2 rings (SSSR count). The van der Waals surface area contributed by atoms with Crippen LogP contribution in [0.15, 0.2) is 56.8 Å². The van der Waals surface area contributed by atoms with E-state index in [0.717, 1.165) is 23.3 Å². The van der Waals surface area contributed by atoms with Crippen molar-refractivity contribution in [3.63, 3.8) is 0 Å². The molecule has 25 heavy (non-hydrogen) atoms. The molecule has 0 aliphatic heterocycles. The lowest BCUT2D eigenvalue weighted by Crippen LogP contribution is -2.40. The molecule has 0 amide bonds. The second-order valence-corrected chi connectivity index (χ2v) is 6.80. The normalized spacial score (nSPS) is 13.6. The second-order valence-electron chi connectivity index (χ2n) is 6.02. The topological polar surface area (TPSA) is 69.8 Å². The van der Waals surface area contributed by atoms with Crippen molar-refractivity contribution in [2.24, 2.45) is 4.99 Å². The average Bonchev–Trinajstić information content (AvgIpc) is 3.22. The second kappa shape index (κ2) is 10.6. The monoisotopic (exact) mass is 475 g/mol. The van der Waals surface area contributed by atoms with Crippen LogP contribution in [0.3, 0.4) is 0 Å². The van der Waals surface area contributed by atoms with Crippen LogP contribution in [0.1, 0.15) is 25.2 Å². The number of rotatable bonds is 8. The first kappa shape index (κ1) is 21.7. The van der Waals surface area contributed by atoms with E-state index in [2.05, 4.69) is 22.2 Å². The molecular weight excluding hydrogens is 449 g/mol. The maximum Gasteiger partial charge on any atom is 0.191 e. The van der Waals surface area contributed by atoms with Gasteiger partial charge in [0.25, 0.3) is 0 Å². The summed E-state index contributed by atoms with van der Waals surface area (Å²) in [5, 5.41) is 21.0. The number of hydrogen-bond donors (Lipinski definition) is 3. The number of aliphatic hydroxyl groups is 1. The molecule has 5 nitrogen and oxygen atoms in total. The summed E-state index contributed by atoms with van der Waals surface area (Å²) in [6, 6.07) is 5.74. The van der Waals surface area contributed by atoms with E-state index in [0.29, 0.717) is 19.0 Å². The van der Waals surface area contributed by atoms with Gasteiger partial charge in [-0.3, -0.25) is 0 Å². The smallest absolute Gasteiger partial charge is 0.191 e. The van der Waals surface area contributed by atoms with Crippen molar-refractivity contribution in [1.82, 2.24) is 10.6 Å². The van der Waals surface area contributed by atoms with Gasteiger partial charge < -0.3 is 20.2 Å².